The van der Waals surface area contributed by atoms with Gasteiger partial charge < -0.3 is 5.73 Å². The number of anilines is 1. The normalized spacial score (nSPS) is 11.5. The Bertz CT molecular complexity index is 615. The van der Waals surface area contributed by atoms with Crippen molar-refractivity contribution in [3.8, 4) is 6.07 Å². The molecule has 0 fully saturated rings. The van der Waals surface area contributed by atoms with Crippen LogP contribution in [-0.2, 0) is 10.0 Å². The van der Waals surface area contributed by atoms with Crippen molar-refractivity contribution in [3.05, 3.63) is 36.4 Å². The van der Waals surface area contributed by atoms with Crippen LogP contribution in [0.3, 0.4) is 0 Å². The van der Waals surface area contributed by atoms with Crippen molar-refractivity contribution in [1.82, 2.24) is 4.31 Å². The molecule has 0 aliphatic carbocycles. The van der Waals surface area contributed by atoms with Gasteiger partial charge in [0.15, 0.2) is 0 Å². The number of nitrogens with zero attached hydrogens (tertiary/aromatic N) is 2. The quantitative estimate of drug-likeness (QED) is 0.656. The zero-order chi connectivity index (χ0) is 14.6. The van der Waals surface area contributed by atoms with Crippen LogP contribution in [0.5, 0.6) is 0 Å². The molecule has 5 nitrogen and oxygen atoms in total. The number of benzene rings is 1. The highest BCUT2D eigenvalue weighted by Gasteiger charge is 2.27. The van der Waals surface area contributed by atoms with E-state index in [-0.39, 0.29) is 23.2 Å². The van der Waals surface area contributed by atoms with E-state index < -0.39 is 10.0 Å². The molecule has 0 radical (unpaired) electrons. The Morgan fingerprint density at radius 1 is 1.53 bits per heavy atom. The molecule has 0 aliphatic rings. The number of nitriles is 1. The van der Waals surface area contributed by atoms with E-state index in [1.54, 1.807) is 13.8 Å². The first-order valence-electron chi connectivity index (χ1n) is 5.77. The fourth-order valence-corrected chi connectivity index (χ4v) is 3.40. The molecule has 0 atom stereocenters. The Balaban J connectivity index is 3.34. The largest absolute Gasteiger partial charge is 0.398 e. The minimum Gasteiger partial charge on any atom is -0.398 e. The lowest BCUT2D eigenvalue weighted by Crippen LogP contribution is -2.37. The predicted molar refractivity (Wildman–Crippen MR) is 74.8 cm³/mol. The molecular weight excluding hydrogens is 262 g/mol. The van der Waals surface area contributed by atoms with Crippen molar-refractivity contribution >= 4 is 15.7 Å². The molecular formula is C13H17N3O2S. The van der Waals surface area contributed by atoms with Crippen LogP contribution in [0.1, 0.15) is 19.4 Å². The maximum Gasteiger partial charge on any atom is 0.245 e. The third-order valence-electron chi connectivity index (χ3n) is 2.61. The second-order valence-electron chi connectivity index (χ2n) is 4.32. The summed E-state index contributed by atoms with van der Waals surface area (Å²) in [6.45, 7) is 7.32. The van der Waals surface area contributed by atoms with Crippen LogP contribution in [0.2, 0.25) is 0 Å². The van der Waals surface area contributed by atoms with Crippen LogP contribution in [0.15, 0.2) is 35.7 Å². The Morgan fingerprint density at radius 3 is 2.58 bits per heavy atom. The topological polar surface area (TPSA) is 87.2 Å². The third-order valence-corrected chi connectivity index (χ3v) is 4.73. The summed E-state index contributed by atoms with van der Waals surface area (Å²) in [5.41, 5.74) is 6.14. The first-order chi connectivity index (χ1) is 8.84. The predicted octanol–water partition coefficient (Wildman–Crippen LogP) is 1.73. The van der Waals surface area contributed by atoms with Crippen molar-refractivity contribution in [2.75, 3.05) is 12.3 Å². The van der Waals surface area contributed by atoms with Crippen LogP contribution in [-0.4, -0.2) is 25.3 Å². The highest BCUT2D eigenvalue weighted by atomic mass is 32.2. The molecule has 1 aromatic rings. The number of nitrogen functional groups attached to an aromatic ring is 1. The Labute approximate surface area is 114 Å². The van der Waals surface area contributed by atoms with Crippen LogP contribution < -0.4 is 5.73 Å². The lowest BCUT2D eigenvalue weighted by molar-refractivity contribution is 0.383. The first-order valence-corrected chi connectivity index (χ1v) is 7.21. The molecule has 0 heterocycles. The Morgan fingerprint density at radius 2 is 2.16 bits per heavy atom. The maximum absolute atomic E-state index is 12.5. The third kappa shape index (κ3) is 3.13. The van der Waals surface area contributed by atoms with Gasteiger partial charge in [0, 0.05) is 12.6 Å². The van der Waals surface area contributed by atoms with Gasteiger partial charge in [-0.3, -0.25) is 0 Å². The van der Waals surface area contributed by atoms with Crippen molar-refractivity contribution < 1.29 is 8.42 Å². The zero-order valence-corrected chi connectivity index (χ0v) is 11.8. The number of hydrogen-bond donors (Lipinski definition) is 1. The SMILES string of the molecule is C=CCN(C(C)C)S(=O)(=O)c1ccc(C#N)cc1N. The monoisotopic (exact) mass is 279 g/mol. The fourth-order valence-electron chi connectivity index (χ4n) is 1.69. The standard InChI is InChI=1S/C13H17N3O2S/c1-4-7-16(10(2)3)19(17,18)13-6-5-11(9-14)8-12(13)15/h4-6,8,10H,1,7,15H2,2-3H3. The molecule has 2 N–H and O–H groups in total. The van der Waals surface area contributed by atoms with E-state index in [1.165, 1.54) is 28.6 Å². The van der Waals surface area contributed by atoms with Crippen LogP contribution >= 0.6 is 0 Å². The molecule has 0 saturated carbocycles. The van der Waals surface area contributed by atoms with Gasteiger partial charge in [0.2, 0.25) is 10.0 Å². The summed E-state index contributed by atoms with van der Waals surface area (Å²) in [6, 6.07) is 5.87. The van der Waals surface area contributed by atoms with Crippen molar-refractivity contribution in [1.29, 1.82) is 5.26 Å². The second kappa shape index (κ2) is 5.87. The molecule has 1 aromatic carbocycles. The minimum atomic E-state index is -3.69. The van der Waals surface area contributed by atoms with E-state index in [2.05, 4.69) is 6.58 Å². The molecule has 6 heteroatoms. The number of sulfonamides is 1. The van der Waals surface area contributed by atoms with Gasteiger partial charge in [-0.05, 0) is 32.0 Å². The molecule has 1 rings (SSSR count). The van der Waals surface area contributed by atoms with E-state index in [0.29, 0.717) is 5.56 Å². The molecule has 0 amide bonds. The molecule has 19 heavy (non-hydrogen) atoms. The summed E-state index contributed by atoms with van der Waals surface area (Å²) in [4.78, 5) is 0.0158. The summed E-state index contributed by atoms with van der Waals surface area (Å²) in [5, 5.41) is 8.76. The summed E-state index contributed by atoms with van der Waals surface area (Å²) < 4.78 is 26.3. The highest BCUT2D eigenvalue weighted by molar-refractivity contribution is 7.89. The lowest BCUT2D eigenvalue weighted by Gasteiger charge is -2.25. The molecule has 0 aliphatic heterocycles. The highest BCUT2D eigenvalue weighted by Crippen LogP contribution is 2.24. The fraction of sp³-hybridized carbons (Fsp3) is 0.308. The van der Waals surface area contributed by atoms with Gasteiger partial charge in [0.05, 0.1) is 17.3 Å². The smallest absolute Gasteiger partial charge is 0.245 e. The van der Waals surface area contributed by atoms with Gasteiger partial charge in [-0.25, -0.2) is 8.42 Å². The molecule has 0 bridgehead atoms. The van der Waals surface area contributed by atoms with Crippen LogP contribution in [0.4, 0.5) is 5.69 Å². The molecule has 0 unspecified atom stereocenters. The van der Waals surface area contributed by atoms with Gasteiger partial charge >= 0.3 is 0 Å². The number of hydrogen-bond acceptors (Lipinski definition) is 4. The zero-order valence-electron chi connectivity index (χ0n) is 11.0. The van der Waals surface area contributed by atoms with Crippen LogP contribution in [0.25, 0.3) is 0 Å². The van der Waals surface area contributed by atoms with E-state index in [9.17, 15) is 8.42 Å². The first kappa shape index (κ1) is 15.2. The van der Waals surface area contributed by atoms with Crippen molar-refractivity contribution in [2.45, 2.75) is 24.8 Å². The van der Waals surface area contributed by atoms with Gasteiger partial charge in [-0.1, -0.05) is 6.08 Å². The van der Waals surface area contributed by atoms with E-state index in [0.717, 1.165) is 0 Å². The summed E-state index contributed by atoms with van der Waals surface area (Å²) >= 11 is 0. The average Bonchev–Trinajstić information content (AvgIpc) is 2.34. The van der Waals surface area contributed by atoms with E-state index in [4.69, 9.17) is 11.0 Å². The maximum atomic E-state index is 12.5. The average molecular weight is 279 g/mol. The summed E-state index contributed by atoms with van der Waals surface area (Å²) in [5.74, 6) is 0. The Kier molecular flexibility index (Phi) is 4.70. The van der Waals surface area contributed by atoms with E-state index in [1.807, 2.05) is 6.07 Å². The molecule has 102 valence electrons. The Hall–Kier alpha value is -1.84. The van der Waals surface area contributed by atoms with Crippen molar-refractivity contribution in [3.63, 3.8) is 0 Å². The summed E-state index contributed by atoms with van der Waals surface area (Å²) in [6.07, 6.45) is 1.53. The number of nitrogens with two attached hydrogens (primary N) is 1. The van der Waals surface area contributed by atoms with Gasteiger partial charge in [-0.2, -0.15) is 9.57 Å². The van der Waals surface area contributed by atoms with Crippen molar-refractivity contribution in [2.24, 2.45) is 0 Å². The minimum absolute atomic E-state index is 0.0158. The molecule has 0 spiro atoms. The van der Waals surface area contributed by atoms with E-state index >= 15 is 0 Å². The second-order valence-corrected chi connectivity index (χ2v) is 6.18. The van der Waals surface area contributed by atoms with Crippen LogP contribution in [0, 0.1) is 11.3 Å². The number of rotatable bonds is 5. The lowest BCUT2D eigenvalue weighted by atomic mass is 10.2. The van der Waals surface area contributed by atoms with Gasteiger partial charge in [0.1, 0.15) is 4.90 Å². The van der Waals surface area contributed by atoms with Gasteiger partial charge in [-0.15, -0.1) is 6.58 Å². The molecule has 0 aromatic heterocycles. The summed E-state index contributed by atoms with van der Waals surface area (Å²) in [7, 11) is -3.69. The van der Waals surface area contributed by atoms with Gasteiger partial charge in [0.25, 0.3) is 0 Å². The molecule has 0 saturated heterocycles.